The zero-order valence-electron chi connectivity index (χ0n) is 20.6. The van der Waals surface area contributed by atoms with Gasteiger partial charge in [0.15, 0.2) is 0 Å². The summed E-state index contributed by atoms with van der Waals surface area (Å²) in [5.41, 5.74) is 6.83. The van der Waals surface area contributed by atoms with Gasteiger partial charge in [0, 0.05) is 27.9 Å². The lowest BCUT2D eigenvalue weighted by Gasteiger charge is -2.59. The molecule has 2 nitrogen and oxygen atoms in total. The van der Waals surface area contributed by atoms with Gasteiger partial charge >= 0.3 is 0 Å². The molecular formula is C29H40N2. The minimum atomic E-state index is 0.0568. The van der Waals surface area contributed by atoms with Crippen LogP contribution in [0.15, 0.2) is 84.4 Å². The van der Waals surface area contributed by atoms with Crippen LogP contribution in [0.1, 0.15) is 73.3 Å². The van der Waals surface area contributed by atoms with Crippen LogP contribution in [0, 0.1) is 5.41 Å². The summed E-state index contributed by atoms with van der Waals surface area (Å²) >= 11 is 0. The zero-order chi connectivity index (χ0) is 22.8. The van der Waals surface area contributed by atoms with Gasteiger partial charge in [0.1, 0.15) is 6.17 Å². The van der Waals surface area contributed by atoms with Crippen LogP contribution in [0.5, 0.6) is 0 Å². The third kappa shape index (κ3) is 3.32. The number of rotatable bonds is 7. The number of hydrogen-bond acceptors (Lipinski definition) is 2. The summed E-state index contributed by atoms with van der Waals surface area (Å²) in [6.45, 7) is 20.1. The van der Waals surface area contributed by atoms with Crippen LogP contribution in [-0.2, 0) is 5.41 Å². The average Bonchev–Trinajstić information content (AvgIpc) is 3.08. The third-order valence-electron chi connectivity index (χ3n) is 8.00. The topological polar surface area (TPSA) is 6.48 Å². The van der Waals surface area contributed by atoms with Crippen LogP contribution >= 0.6 is 0 Å². The molecule has 166 valence electrons. The molecule has 3 unspecified atom stereocenters. The first kappa shape index (κ1) is 23.2. The van der Waals surface area contributed by atoms with Crippen molar-refractivity contribution in [2.45, 2.75) is 79.3 Å². The molecule has 0 fully saturated rings. The molecule has 0 radical (unpaired) electrons. The van der Waals surface area contributed by atoms with E-state index in [1.807, 2.05) is 6.08 Å². The molecule has 0 amide bonds. The Hall–Kier alpha value is -2.48. The first-order valence-corrected chi connectivity index (χ1v) is 11.8. The van der Waals surface area contributed by atoms with Crippen molar-refractivity contribution in [2.75, 3.05) is 4.90 Å². The molecule has 2 aliphatic rings. The van der Waals surface area contributed by atoms with Crippen molar-refractivity contribution in [3.8, 4) is 0 Å². The van der Waals surface area contributed by atoms with Gasteiger partial charge in [-0.3, -0.25) is 0 Å². The first-order chi connectivity index (χ1) is 14.9. The van der Waals surface area contributed by atoms with Crippen molar-refractivity contribution in [1.82, 2.24) is 4.90 Å². The van der Waals surface area contributed by atoms with E-state index in [1.54, 1.807) is 0 Å². The summed E-state index contributed by atoms with van der Waals surface area (Å²) in [5, 5.41) is 0. The summed E-state index contributed by atoms with van der Waals surface area (Å²) < 4.78 is 0. The Kier molecular flexibility index (Phi) is 6.69. The maximum absolute atomic E-state index is 3.88. The lowest BCUT2D eigenvalue weighted by Crippen LogP contribution is -2.62. The number of hydrogen-bond donors (Lipinski definition) is 0. The monoisotopic (exact) mass is 416 g/mol. The summed E-state index contributed by atoms with van der Waals surface area (Å²) in [6.07, 6.45) is 16.4. The van der Waals surface area contributed by atoms with Crippen molar-refractivity contribution >= 4 is 5.69 Å². The Morgan fingerprint density at radius 3 is 2.42 bits per heavy atom. The fourth-order valence-electron chi connectivity index (χ4n) is 5.76. The molecule has 31 heavy (non-hydrogen) atoms. The average molecular weight is 417 g/mol. The number of allylic oxidation sites excluding steroid dienone is 7. The minimum Gasteiger partial charge on any atom is -0.321 e. The number of anilines is 1. The predicted molar refractivity (Wildman–Crippen MR) is 136 cm³/mol. The largest absolute Gasteiger partial charge is 0.321 e. The maximum Gasteiger partial charge on any atom is 0.117 e. The number of benzene rings is 1. The molecule has 0 spiro atoms. The van der Waals surface area contributed by atoms with Gasteiger partial charge in [-0.2, -0.15) is 0 Å². The molecule has 0 saturated carbocycles. The van der Waals surface area contributed by atoms with Crippen molar-refractivity contribution < 1.29 is 0 Å². The molecule has 3 atom stereocenters. The Morgan fingerprint density at radius 2 is 1.84 bits per heavy atom. The quantitative estimate of drug-likeness (QED) is 0.327. The molecule has 2 heteroatoms. The molecule has 1 aromatic carbocycles. The number of fused-ring (bicyclic) bond motifs is 3. The lowest BCUT2D eigenvalue weighted by atomic mass is 9.55. The number of para-hydroxylation sites is 1. The fraction of sp³-hybridized carbons (Fsp3) is 0.448. The molecule has 0 N–H and O–H groups in total. The van der Waals surface area contributed by atoms with Gasteiger partial charge in [0.2, 0.25) is 0 Å². The molecule has 2 heterocycles. The highest BCUT2D eigenvalue weighted by Gasteiger charge is 2.59. The molecule has 0 bridgehead atoms. The summed E-state index contributed by atoms with van der Waals surface area (Å²) in [6, 6.07) is 9.06. The van der Waals surface area contributed by atoms with E-state index in [-0.39, 0.29) is 17.0 Å². The molecule has 2 aliphatic heterocycles. The standard InChI is InChI=1S/C29H40N2/c1-9-14-15-19-23(11-3)31-25(18-10-2)22(6)30-26-21-17-16-20-24(26)28(7,12-4)29(8,13-5)27(30)31/h9-11,15-21,27H,1,12-14H2,2-8H3/b18-10-,19-15-,23-11+. The van der Waals surface area contributed by atoms with E-state index >= 15 is 0 Å². The van der Waals surface area contributed by atoms with Gasteiger partial charge in [0.05, 0.1) is 5.70 Å². The van der Waals surface area contributed by atoms with E-state index in [1.165, 1.54) is 28.3 Å². The second-order valence-corrected chi connectivity index (χ2v) is 9.20. The van der Waals surface area contributed by atoms with E-state index < -0.39 is 0 Å². The molecule has 0 aromatic heterocycles. The minimum absolute atomic E-state index is 0.0568. The van der Waals surface area contributed by atoms with Crippen molar-refractivity contribution in [1.29, 1.82) is 0 Å². The van der Waals surface area contributed by atoms with Gasteiger partial charge < -0.3 is 9.80 Å². The Morgan fingerprint density at radius 1 is 1.13 bits per heavy atom. The van der Waals surface area contributed by atoms with Crippen LogP contribution in [0.2, 0.25) is 0 Å². The van der Waals surface area contributed by atoms with Crippen molar-refractivity contribution in [3.63, 3.8) is 0 Å². The second kappa shape index (κ2) is 8.94. The smallest absolute Gasteiger partial charge is 0.117 e. The van der Waals surface area contributed by atoms with E-state index in [2.05, 4.69) is 119 Å². The zero-order valence-corrected chi connectivity index (χ0v) is 20.6. The second-order valence-electron chi connectivity index (χ2n) is 9.20. The molecule has 0 saturated heterocycles. The van der Waals surface area contributed by atoms with Crippen LogP contribution in [0.3, 0.4) is 0 Å². The Labute approximate surface area is 190 Å². The van der Waals surface area contributed by atoms with Crippen LogP contribution in [-0.4, -0.2) is 11.1 Å². The van der Waals surface area contributed by atoms with E-state index in [4.69, 9.17) is 0 Å². The predicted octanol–water partition coefficient (Wildman–Crippen LogP) is 8.08. The molecule has 3 rings (SSSR count). The highest BCUT2D eigenvalue weighted by atomic mass is 15.4. The molecule has 0 aliphatic carbocycles. The van der Waals surface area contributed by atoms with Gasteiger partial charge in [-0.05, 0) is 63.8 Å². The lowest BCUT2D eigenvalue weighted by molar-refractivity contribution is 0.0404. The summed E-state index contributed by atoms with van der Waals surface area (Å²) in [5.74, 6) is 0. The maximum atomic E-state index is 3.88. The highest BCUT2D eigenvalue weighted by molar-refractivity contribution is 5.68. The van der Waals surface area contributed by atoms with Gasteiger partial charge in [-0.25, -0.2) is 0 Å². The molecule has 1 aromatic rings. The van der Waals surface area contributed by atoms with Crippen molar-refractivity contribution in [2.24, 2.45) is 5.41 Å². The Balaban J connectivity index is 2.34. The highest BCUT2D eigenvalue weighted by Crippen LogP contribution is 2.61. The van der Waals surface area contributed by atoms with Crippen LogP contribution in [0.25, 0.3) is 0 Å². The van der Waals surface area contributed by atoms with Crippen LogP contribution < -0.4 is 4.90 Å². The SMILES string of the molecule is C=CC/C=C\C(=C/C)N1C(/C=C\C)=C(C)N2c3ccccc3C(C)(CC)C(C)(CC)C12. The molecular weight excluding hydrogens is 376 g/mol. The number of nitrogens with zero attached hydrogens (tertiary/aromatic N) is 2. The normalized spacial score (nSPS) is 28.6. The van der Waals surface area contributed by atoms with Gasteiger partial charge in [-0.1, -0.05) is 70.2 Å². The third-order valence-corrected chi connectivity index (χ3v) is 8.00. The van der Waals surface area contributed by atoms with Gasteiger partial charge in [-0.15, -0.1) is 6.58 Å². The van der Waals surface area contributed by atoms with E-state index in [9.17, 15) is 0 Å². The summed E-state index contributed by atoms with van der Waals surface area (Å²) in [4.78, 5) is 5.19. The summed E-state index contributed by atoms with van der Waals surface area (Å²) in [7, 11) is 0. The van der Waals surface area contributed by atoms with Crippen LogP contribution in [0.4, 0.5) is 5.69 Å². The van der Waals surface area contributed by atoms with E-state index in [0.29, 0.717) is 0 Å². The first-order valence-electron chi connectivity index (χ1n) is 11.8. The van der Waals surface area contributed by atoms with Gasteiger partial charge in [0.25, 0.3) is 0 Å². The van der Waals surface area contributed by atoms with Crippen molar-refractivity contribution in [3.05, 3.63) is 90.0 Å². The fourth-order valence-corrected chi connectivity index (χ4v) is 5.76. The Bertz CT molecular complexity index is 947. The van der Waals surface area contributed by atoms with E-state index in [0.717, 1.165) is 19.3 Å².